The van der Waals surface area contributed by atoms with Crippen LogP contribution in [0, 0.1) is 0 Å². The minimum Gasteiger partial charge on any atom is -0.322 e. The number of nitrogens with one attached hydrogen (secondary N) is 3. The van der Waals surface area contributed by atoms with E-state index >= 15 is 0 Å². The number of halogens is 1. The number of benzene rings is 2. The Morgan fingerprint density at radius 3 is 2.76 bits per heavy atom. The molecule has 3 N–H and O–H groups in total. The first-order valence-electron chi connectivity index (χ1n) is 7.48. The number of carbonyl (C=O) groups is 1. The summed E-state index contributed by atoms with van der Waals surface area (Å²) in [5.41, 5.74) is 1.65. The average molecular weight is 370 g/mol. The maximum Gasteiger partial charge on any atom is 0.323 e. The quantitative estimate of drug-likeness (QED) is 0.469. The van der Waals surface area contributed by atoms with Crippen molar-refractivity contribution in [1.82, 2.24) is 9.97 Å². The Morgan fingerprint density at radius 2 is 1.92 bits per heavy atom. The van der Waals surface area contributed by atoms with Gasteiger partial charge in [-0.25, -0.2) is 4.79 Å². The van der Waals surface area contributed by atoms with Gasteiger partial charge in [0.05, 0.1) is 16.1 Å². The first-order valence-corrected chi connectivity index (χ1v) is 8.68. The van der Waals surface area contributed by atoms with Gasteiger partial charge in [0.25, 0.3) is 0 Å². The number of anilines is 1. The van der Waals surface area contributed by atoms with E-state index in [1.165, 1.54) is 17.4 Å². The van der Waals surface area contributed by atoms with Gasteiger partial charge < -0.3 is 15.3 Å². The van der Waals surface area contributed by atoms with Crippen LogP contribution in [0.5, 0.6) is 0 Å². The van der Waals surface area contributed by atoms with Crippen molar-refractivity contribution in [2.75, 3.05) is 5.32 Å². The molecule has 2 aromatic carbocycles. The standard InChI is InChI=1S/C18H12ClN3O2S/c19-17-11-3-1-2-4-14(11)25-15(17)7-8-16(23)20-10-5-6-12-13(9-10)22-18(24)21-12/h1-9H,(H,20,23)(H2,21,22,24). The Hall–Kier alpha value is -2.83. The fourth-order valence-electron chi connectivity index (χ4n) is 2.59. The number of rotatable bonds is 3. The maximum absolute atomic E-state index is 12.1. The summed E-state index contributed by atoms with van der Waals surface area (Å²) in [6.07, 6.45) is 3.15. The Kier molecular flexibility index (Phi) is 3.91. The Bertz CT molecular complexity index is 1190. The van der Waals surface area contributed by atoms with E-state index in [0.29, 0.717) is 21.7 Å². The van der Waals surface area contributed by atoms with Crippen LogP contribution in [0.15, 0.2) is 53.3 Å². The van der Waals surface area contributed by atoms with Crippen molar-refractivity contribution in [3.05, 3.63) is 68.9 Å². The van der Waals surface area contributed by atoms with Crippen LogP contribution in [0.4, 0.5) is 5.69 Å². The number of thiophene rings is 1. The molecule has 124 valence electrons. The third-order valence-corrected chi connectivity index (χ3v) is 5.38. The van der Waals surface area contributed by atoms with Gasteiger partial charge in [0, 0.05) is 26.7 Å². The molecule has 7 heteroatoms. The summed E-state index contributed by atoms with van der Waals surface area (Å²) in [5, 5.41) is 4.40. The van der Waals surface area contributed by atoms with Crippen LogP contribution < -0.4 is 11.0 Å². The second-order valence-electron chi connectivity index (χ2n) is 5.44. The highest BCUT2D eigenvalue weighted by Crippen LogP contribution is 2.35. The van der Waals surface area contributed by atoms with Gasteiger partial charge >= 0.3 is 5.69 Å². The van der Waals surface area contributed by atoms with Crippen molar-refractivity contribution in [3.8, 4) is 0 Å². The van der Waals surface area contributed by atoms with Gasteiger partial charge in [-0.3, -0.25) is 4.79 Å². The molecule has 0 bridgehead atoms. The number of fused-ring (bicyclic) bond motifs is 2. The fraction of sp³-hybridized carbons (Fsp3) is 0. The van der Waals surface area contributed by atoms with Crippen LogP contribution in [-0.2, 0) is 4.79 Å². The molecule has 4 rings (SSSR count). The third kappa shape index (κ3) is 3.09. The van der Waals surface area contributed by atoms with Crippen LogP contribution >= 0.6 is 22.9 Å². The van der Waals surface area contributed by atoms with Gasteiger partial charge in [0.1, 0.15) is 0 Å². The van der Waals surface area contributed by atoms with E-state index in [2.05, 4.69) is 15.3 Å². The number of H-pyrrole nitrogens is 2. The largest absolute Gasteiger partial charge is 0.323 e. The van der Waals surface area contributed by atoms with Gasteiger partial charge in [0.2, 0.25) is 5.91 Å². The van der Waals surface area contributed by atoms with Crippen molar-refractivity contribution in [1.29, 1.82) is 0 Å². The summed E-state index contributed by atoms with van der Waals surface area (Å²) in [5.74, 6) is -0.272. The highest BCUT2D eigenvalue weighted by atomic mass is 35.5. The first-order chi connectivity index (χ1) is 12.1. The molecular weight excluding hydrogens is 358 g/mol. The second kappa shape index (κ2) is 6.23. The van der Waals surface area contributed by atoms with Crippen LogP contribution in [0.3, 0.4) is 0 Å². The minimum atomic E-state index is -0.280. The molecule has 2 heterocycles. The molecule has 0 aliphatic rings. The molecule has 0 aliphatic heterocycles. The van der Waals surface area contributed by atoms with Gasteiger partial charge in [-0.15, -0.1) is 11.3 Å². The highest BCUT2D eigenvalue weighted by molar-refractivity contribution is 7.20. The van der Waals surface area contributed by atoms with Crippen molar-refractivity contribution in [3.63, 3.8) is 0 Å². The molecule has 0 saturated carbocycles. The van der Waals surface area contributed by atoms with E-state index in [0.717, 1.165) is 15.0 Å². The van der Waals surface area contributed by atoms with E-state index in [1.54, 1.807) is 24.3 Å². The molecule has 0 spiro atoms. The summed E-state index contributed by atoms with van der Waals surface area (Å²) >= 11 is 7.89. The van der Waals surface area contributed by atoms with Crippen molar-refractivity contribution < 1.29 is 4.79 Å². The molecule has 5 nitrogen and oxygen atoms in total. The van der Waals surface area contributed by atoms with Crippen molar-refractivity contribution in [2.45, 2.75) is 0 Å². The number of aromatic amines is 2. The molecule has 0 aliphatic carbocycles. The van der Waals surface area contributed by atoms with Crippen LogP contribution in [-0.4, -0.2) is 15.9 Å². The van der Waals surface area contributed by atoms with E-state index in [-0.39, 0.29) is 11.6 Å². The van der Waals surface area contributed by atoms with Gasteiger partial charge in [0.15, 0.2) is 0 Å². The Balaban J connectivity index is 1.54. The zero-order valence-corrected chi connectivity index (χ0v) is 14.4. The zero-order chi connectivity index (χ0) is 17.4. The zero-order valence-electron chi connectivity index (χ0n) is 12.8. The summed E-state index contributed by atoms with van der Waals surface area (Å²) in [6.45, 7) is 0. The lowest BCUT2D eigenvalue weighted by Gasteiger charge is -2.01. The SMILES string of the molecule is O=C(C=Cc1sc2ccccc2c1Cl)Nc1ccc2[nH]c(=O)[nH]c2c1. The summed E-state index contributed by atoms with van der Waals surface area (Å²) < 4.78 is 1.08. The number of imidazole rings is 1. The molecule has 0 saturated heterocycles. The lowest BCUT2D eigenvalue weighted by Crippen LogP contribution is -2.07. The van der Waals surface area contributed by atoms with Gasteiger partial charge in [-0.1, -0.05) is 29.8 Å². The summed E-state index contributed by atoms with van der Waals surface area (Å²) in [7, 11) is 0. The number of amides is 1. The molecule has 0 unspecified atom stereocenters. The molecule has 4 aromatic rings. The van der Waals surface area contributed by atoms with Gasteiger partial charge in [-0.05, 0) is 30.3 Å². The third-order valence-electron chi connectivity index (χ3n) is 3.73. The van der Waals surface area contributed by atoms with E-state index in [9.17, 15) is 9.59 Å². The maximum atomic E-state index is 12.1. The molecule has 0 fully saturated rings. The number of hydrogen-bond acceptors (Lipinski definition) is 3. The Morgan fingerprint density at radius 1 is 1.12 bits per heavy atom. The number of carbonyl (C=O) groups excluding carboxylic acids is 1. The lowest BCUT2D eigenvalue weighted by atomic mass is 10.2. The van der Waals surface area contributed by atoms with Crippen LogP contribution in [0.25, 0.3) is 27.2 Å². The number of aromatic nitrogens is 2. The second-order valence-corrected chi connectivity index (χ2v) is 6.90. The fourth-order valence-corrected chi connectivity index (χ4v) is 3.98. The smallest absolute Gasteiger partial charge is 0.322 e. The van der Waals surface area contributed by atoms with Crippen LogP contribution in [0.1, 0.15) is 4.88 Å². The van der Waals surface area contributed by atoms with E-state index in [4.69, 9.17) is 11.6 Å². The topological polar surface area (TPSA) is 77.8 Å². The first kappa shape index (κ1) is 15.7. The molecule has 2 aromatic heterocycles. The van der Waals surface area contributed by atoms with E-state index < -0.39 is 0 Å². The predicted octanol–water partition coefficient (Wildman–Crippen LogP) is 4.38. The van der Waals surface area contributed by atoms with Gasteiger partial charge in [-0.2, -0.15) is 0 Å². The highest BCUT2D eigenvalue weighted by Gasteiger charge is 2.08. The summed E-state index contributed by atoms with van der Waals surface area (Å²) in [4.78, 5) is 29.6. The van der Waals surface area contributed by atoms with E-state index in [1.807, 2.05) is 24.3 Å². The molecule has 25 heavy (non-hydrogen) atoms. The molecule has 0 atom stereocenters. The summed E-state index contributed by atoms with van der Waals surface area (Å²) in [6, 6.07) is 13.0. The molecular formula is C18H12ClN3O2S. The normalized spacial score (nSPS) is 11.6. The van der Waals surface area contributed by atoms with Crippen molar-refractivity contribution in [2.24, 2.45) is 0 Å². The lowest BCUT2D eigenvalue weighted by molar-refractivity contribution is -0.111. The molecule has 0 radical (unpaired) electrons. The number of hydrogen-bond donors (Lipinski definition) is 3. The Labute approximate surface area is 151 Å². The average Bonchev–Trinajstić information content (AvgIpc) is 3.12. The monoisotopic (exact) mass is 369 g/mol. The van der Waals surface area contributed by atoms with Crippen molar-refractivity contribution >= 4 is 61.7 Å². The van der Waals surface area contributed by atoms with Crippen LogP contribution in [0.2, 0.25) is 5.02 Å². The predicted molar refractivity (Wildman–Crippen MR) is 103 cm³/mol. The molecule has 1 amide bonds. The minimum absolute atomic E-state index is 0.272.